The number of benzene rings is 2. The van der Waals surface area contributed by atoms with Gasteiger partial charge in [-0.1, -0.05) is 30.2 Å². The highest BCUT2D eigenvalue weighted by Crippen LogP contribution is 2.44. The summed E-state index contributed by atoms with van der Waals surface area (Å²) in [5.74, 6) is -0.689. The number of carbonyl (C=O) groups excluding carboxylic acids is 2. The van der Waals surface area contributed by atoms with Crippen molar-refractivity contribution in [3.8, 4) is 11.5 Å². The lowest BCUT2D eigenvalue weighted by Crippen LogP contribution is -2.44. The lowest BCUT2D eigenvalue weighted by molar-refractivity contribution is -0.156. The summed E-state index contributed by atoms with van der Waals surface area (Å²) in [4.78, 5) is 25.0. The van der Waals surface area contributed by atoms with Crippen molar-refractivity contribution in [3.05, 3.63) is 52.8 Å². The van der Waals surface area contributed by atoms with Gasteiger partial charge in [0.2, 0.25) is 0 Å². The zero-order valence-corrected chi connectivity index (χ0v) is 16.8. The molecule has 2 aromatic rings. The summed E-state index contributed by atoms with van der Waals surface area (Å²) in [6.45, 7) is -0.462. The Morgan fingerprint density at radius 3 is 2.31 bits per heavy atom. The molecule has 0 unspecified atom stereocenters. The number of hydrogen-bond donors (Lipinski definition) is 1. The molecule has 0 atom stereocenters. The maximum Gasteiger partial charge on any atom is 0.317 e. The minimum atomic E-state index is -0.824. The summed E-state index contributed by atoms with van der Waals surface area (Å²) in [5, 5.41) is 2.96. The highest BCUT2D eigenvalue weighted by Gasteiger charge is 2.47. The maximum absolute atomic E-state index is 13.2. The first kappa shape index (κ1) is 20.9. The summed E-state index contributed by atoms with van der Waals surface area (Å²) < 4.78 is 28.8. The normalized spacial score (nSPS) is 14.5. The van der Waals surface area contributed by atoms with E-state index in [1.165, 1.54) is 38.5 Å². The van der Waals surface area contributed by atoms with Gasteiger partial charge in [0.15, 0.2) is 6.61 Å². The number of esters is 1. The molecule has 1 amide bonds. The molecule has 1 N–H and O–H groups in total. The minimum absolute atomic E-state index is 0.333. The smallest absolute Gasteiger partial charge is 0.317 e. The van der Waals surface area contributed by atoms with Crippen molar-refractivity contribution in [1.82, 2.24) is 0 Å². The van der Waals surface area contributed by atoms with Crippen LogP contribution in [0.1, 0.15) is 24.8 Å². The molecule has 6 nitrogen and oxygen atoms in total. The van der Waals surface area contributed by atoms with Gasteiger partial charge >= 0.3 is 5.97 Å². The molecule has 0 radical (unpaired) electrons. The largest absolute Gasteiger partial charge is 0.495 e. The fraction of sp³-hybridized carbons (Fsp3) is 0.333. The lowest BCUT2D eigenvalue weighted by atomic mass is 9.64. The molecule has 2 aromatic carbocycles. The van der Waals surface area contributed by atoms with Crippen LogP contribution in [0.3, 0.4) is 0 Å². The number of halogens is 2. The Morgan fingerprint density at radius 1 is 1.10 bits per heavy atom. The van der Waals surface area contributed by atoms with E-state index in [2.05, 4.69) is 5.32 Å². The molecular formula is C21H21ClFNO5. The Labute approximate surface area is 172 Å². The number of carbonyl (C=O) groups is 2. The van der Waals surface area contributed by atoms with Crippen molar-refractivity contribution >= 4 is 29.2 Å². The Hall–Kier alpha value is -2.80. The molecular weight excluding hydrogens is 401 g/mol. The van der Waals surface area contributed by atoms with Crippen LogP contribution >= 0.6 is 11.6 Å². The molecule has 0 aromatic heterocycles. The number of anilines is 1. The third kappa shape index (κ3) is 4.29. The van der Waals surface area contributed by atoms with Crippen LogP contribution in [0.2, 0.25) is 5.02 Å². The van der Waals surface area contributed by atoms with Gasteiger partial charge in [-0.3, -0.25) is 9.59 Å². The van der Waals surface area contributed by atoms with E-state index in [1.54, 1.807) is 12.1 Å². The molecule has 3 rings (SSSR count). The van der Waals surface area contributed by atoms with Gasteiger partial charge in [-0.25, -0.2) is 4.39 Å². The van der Waals surface area contributed by atoms with Crippen LogP contribution in [-0.4, -0.2) is 32.7 Å². The predicted octanol–water partition coefficient (Wildman–Crippen LogP) is 4.10. The molecule has 1 aliphatic rings. The van der Waals surface area contributed by atoms with E-state index in [9.17, 15) is 14.0 Å². The first-order valence-corrected chi connectivity index (χ1v) is 9.42. The minimum Gasteiger partial charge on any atom is -0.495 e. The van der Waals surface area contributed by atoms with E-state index < -0.39 is 23.9 Å². The molecule has 0 spiro atoms. The SMILES string of the molecule is COc1cc(NC(=O)COC(=O)C2(c3ccc(F)cc3)CCC2)c(OC)cc1Cl. The standard InChI is InChI=1S/C21H21ClFNO5/c1-27-17-11-16(18(28-2)10-15(17)22)24-19(25)12-29-20(26)21(8-3-9-21)13-4-6-14(23)7-5-13/h4-7,10-11H,3,8-9,12H2,1-2H3,(H,24,25). The summed E-state index contributed by atoms with van der Waals surface area (Å²) in [6, 6.07) is 8.83. The fourth-order valence-electron chi connectivity index (χ4n) is 3.32. The van der Waals surface area contributed by atoms with Crippen LogP contribution in [0.5, 0.6) is 11.5 Å². The van der Waals surface area contributed by atoms with Crippen LogP contribution in [0.4, 0.5) is 10.1 Å². The molecule has 1 fully saturated rings. The zero-order chi connectivity index (χ0) is 21.0. The second-order valence-corrected chi connectivity index (χ2v) is 7.16. The van der Waals surface area contributed by atoms with E-state index >= 15 is 0 Å². The predicted molar refractivity (Wildman–Crippen MR) is 106 cm³/mol. The van der Waals surface area contributed by atoms with Crippen LogP contribution in [0, 0.1) is 5.82 Å². The van der Waals surface area contributed by atoms with Gasteiger partial charge in [0.1, 0.15) is 17.3 Å². The number of nitrogens with one attached hydrogen (secondary N) is 1. The molecule has 8 heteroatoms. The van der Waals surface area contributed by atoms with Gasteiger partial charge in [0.05, 0.1) is 30.3 Å². The summed E-state index contributed by atoms with van der Waals surface area (Å²) in [7, 11) is 2.89. The number of methoxy groups -OCH3 is 2. The molecule has 29 heavy (non-hydrogen) atoms. The van der Waals surface area contributed by atoms with Crippen LogP contribution in [0.15, 0.2) is 36.4 Å². The second-order valence-electron chi connectivity index (χ2n) is 6.75. The topological polar surface area (TPSA) is 73.9 Å². The highest BCUT2D eigenvalue weighted by atomic mass is 35.5. The average molecular weight is 422 g/mol. The second kappa shape index (κ2) is 8.69. The van der Waals surface area contributed by atoms with Crippen molar-refractivity contribution < 1.29 is 28.2 Å². The number of hydrogen-bond acceptors (Lipinski definition) is 5. The molecule has 0 aliphatic heterocycles. The van der Waals surface area contributed by atoms with E-state index in [4.69, 9.17) is 25.8 Å². The van der Waals surface area contributed by atoms with Gasteiger partial charge < -0.3 is 19.5 Å². The first-order chi connectivity index (χ1) is 13.9. The molecule has 0 saturated heterocycles. The van der Waals surface area contributed by atoms with Gasteiger partial charge in [-0.05, 0) is 30.5 Å². The van der Waals surface area contributed by atoms with E-state index in [0.29, 0.717) is 40.6 Å². The van der Waals surface area contributed by atoms with Crippen molar-refractivity contribution in [1.29, 1.82) is 0 Å². The number of ether oxygens (including phenoxy) is 3. The van der Waals surface area contributed by atoms with Gasteiger partial charge in [-0.15, -0.1) is 0 Å². The number of amides is 1. The van der Waals surface area contributed by atoms with Gasteiger partial charge in [0, 0.05) is 12.1 Å². The molecule has 1 aliphatic carbocycles. The highest BCUT2D eigenvalue weighted by molar-refractivity contribution is 6.32. The van der Waals surface area contributed by atoms with E-state index in [1.807, 2.05) is 0 Å². The quantitative estimate of drug-likeness (QED) is 0.681. The first-order valence-electron chi connectivity index (χ1n) is 9.04. The Bertz CT molecular complexity index is 912. The van der Waals surface area contributed by atoms with Gasteiger partial charge in [-0.2, -0.15) is 0 Å². The lowest BCUT2D eigenvalue weighted by Gasteiger charge is -2.39. The molecule has 0 heterocycles. The fourth-order valence-corrected chi connectivity index (χ4v) is 3.55. The van der Waals surface area contributed by atoms with Gasteiger partial charge in [0.25, 0.3) is 5.91 Å². The summed E-state index contributed by atoms with van der Waals surface area (Å²) in [6.07, 6.45) is 2.06. The van der Waals surface area contributed by atoms with E-state index in [0.717, 1.165) is 6.42 Å². The van der Waals surface area contributed by atoms with Crippen molar-refractivity contribution in [2.24, 2.45) is 0 Å². The Balaban J connectivity index is 1.66. The molecule has 154 valence electrons. The summed E-state index contributed by atoms with van der Waals surface area (Å²) >= 11 is 6.05. The maximum atomic E-state index is 13.2. The Morgan fingerprint density at radius 2 is 1.76 bits per heavy atom. The van der Waals surface area contributed by atoms with Crippen molar-refractivity contribution in [2.75, 3.05) is 26.1 Å². The van der Waals surface area contributed by atoms with Crippen LogP contribution < -0.4 is 14.8 Å². The zero-order valence-electron chi connectivity index (χ0n) is 16.1. The third-order valence-corrected chi connectivity index (χ3v) is 5.37. The summed E-state index contributed by atoms with van der Waals surface area (Å²) in [5.41, 5.74) is 0.209. The number of rotatable bonds is 7. The molecule has 0 bridgehead atoms. The van der Waals surface area contributed by atoms with Crippen LogP contribution in [-0.2, 0) is 19.7 Å². The van der Waals surface area contributed by atoms with Crippen molar-refractivity contribution in [3.63, 3.8) is 0 Å². The Kier molecular flexibility index (Phi) is 6.27. The van der Waals surface area contributed by atoms with Crippen LogP contribution in [0.25, 0.3) is 0 Å². The average Bonchev–Trinajstić information content (AvgIpc) is 2.68. The monoisotopic (exact) mass is 421 g/mol. The van der Waals surface area contributed by atoms with Crippen molar-refractivity contribution in [2.45, 2.75) is 24.7 Å². The third-order valence-electron chi connectivity index (χ3n) is 5.08. The molecule has 1 saturated carbocycles. The van der Waals surface area contributed by atoms with E-state index in [-0.39, 0.29) is 5.82 Å².